The van der Waals surface area contributed by atoms with Gasteiger partial charge in [-0.3, -0.25) is 0 Å². The molecular weight excluding hydrogens is 232 g/mol. The highest BCUT2D eigenvalue weighted by molar-refractivity contribution is 5.12. The quantitative estimate of drug-likeness (QED) is 0.770. The molecule has 0 saturated heterocycles. The van der Waals surface area contributed by atoms with Crippen LogP contribution in [0, 0.1) is 34.5 Å². The molecule has 0 aromatic rings. The van der Waals surface area contributed by atoms with Crippen molar-refractivity contribution < 1.29 is 5.11 Å². The van der Waals surface area contributed by atoms with Gasteiger partial charge in [-0.05, 0) is 73.0 Å². The van der Waals surface area contributed by atoms with Gasteiger partial charge in [0.05, 0.1) is 6.10 Å². The molecule has 3 rings (SSSR count). The Bertz CT molecular complexity index is 348. The lowest BCUT2D eigenvalue weighted by molar-refractivity contribution is -0.0346. The molecule has 0 heterocycles. The zero-order valence-electron chi connectivity index (χ0n) is 13.3. The lowest BCUT2D eigenvalue weighted by Crippen LogP contribution is -2.42. The van der Waals surface area contributed by atoms with Crippen molar-refractivity contribution in [2.45, 2.75) is 78.7 Å². The van der Waals surface area contributed by atoms with Crippen LogP contribution in [0.2, 0.25) is 0 Å². The van der Waals surface area contributed by atoms with Crippen molar-refractivity contribution in [3.05, 3.63) is 0 Å². The maximum absolute atomic E-state index is 10.6. The molecular formula is C18H32O. The van der Waals surface area contributed by atoms with Gasteiger partial charge in [0.2, 0.25) is 0 Å². The third-order valence-electron chi connectivity index (χ3n) is 7.93. The van der Waals surface area contributed by atoms with E-state index in [2.05, 4.69) is 27.7 Å². The van der Waals surface area contributed by atoms with Crippen LogP contribution >= 0.6 is 0 Å². The minimum absolute atomic E-state index is 0.0141. The normalized spacial score (nSPS) is 52.6. The molecule has 3 saturated carbocycles. The van der Waals surface area contributed by atoms with E-state index in [0.29, 0.717) is 16.7 Å². The maximum atomic E-state index is 10.6. The van der Waals surface area contributed by atoms with Crippen molar-refractivity contribution >= 4 is 0 Å². The van der Waals surface area contributed by atoms with Gasteiger partial charge in [-0.2, -0.15) is 0 Å². The minimum Gasteiger partial charge on any atom is -0.393 e. The van der Waals surface area contributed by atoms with E-state index in [-0.39, 0.29) is 6.10 Å². The zero-order valence-corrected chi connectivity index (χ0v) is 13.3. The summed E-state index contributed by atoms with van der Waals surface area (Å²) in [6.07, 6.45) is 9.11. The first-order valence-electron chi connectivity index (χ1n) is 8.58. The number of fused-ring (bicyclic) bond motifs is 2. The second kappa shape index (κ2) is 4.48. The summed E-state index contributed by atoms with van der Waals surface area (Å²) in [7, 11) is 0. The third-order valence-corrected chi connectivity index (χ3v) is 7.93. The Morgan fingerprint density at radius 2 is 1.79 bits per heavy atom. The summed E-state index contributed by atoms with van der Waals surface area (Å²) < 4.78 is 0. The van der Waals surface area contributed by atoms with Crippen LogP contribution in [0.25, 0.3) is 0 Å². The molecule has 0 amide bonds. The SMILES string of the molecule is CCC1CCC(O)C([C@H]2C[C@@H]3CC[C@@]2(C)C3(C)C)C1. The van der Waals surface area contributed by atoms with Crippen LogP contribution in [0.4, 0.5) is 0 Å². The number of aliphatic hydroxyl groups is 1. The topological polar surface area (TPSA) is 20.2 Å². The Morgan fingerprint density at radius 1 is 1.05 bits per heavy atom. The second-order valence-corrected chi connectivity index (χ2v) is 8.54. The Balaban J connectivity index is 1.83. The van der Waals surface area contributed by atoms with Gasteiger partial charge in [-0.1, -0.05) is 34.1 Å². The van der Waals surface area contributed by atoms with Crippen molar-refractivity contribution in [1.82, 2.24) is 0 Å². The number of aliphatic hydroxyl groups excluding tert-OH is 1. The summed E-state index contributed by atoms with van der Waals surface area (Å²) in [5.41, 5.74) is 0.982. The van der Waals surface area contributed by atoms with Crippen molar-refractivity contribution in [2.75, 3.05) is 0 Å². The van der Waals surface area contributed by atoms with Gasteiger partial charge in [-0.15, -0.1) is 0 Å². The molecule has 0 radical (unpaired) electrons. The first kappa shape index (κ1) is 13.9. The van der Waals surface area contributed by atoms with Crippen molar-refractivity contribution in [3.63, 3.8) is 0 Å². The van der Waals surface area contributed by atoms with Crippen LogP contribution in [-0.2, 0) is 0 Å². The summed E-state index contributed by atoms with van der Waals surface area (Å²) >= 11 is 0. The average Bonchev–Trinajstić information content (AvgIpc) is 2.72. The monoisotopic (exact) mass is 264 g/mol. The number of rotatable bonds is 2. The fourth-order valence-electron chi connectivity index (χ4n) is 6.00. The fraction of sp³-hybridized carbons (Fsp3) is 1.00. The van der Waals surface area contributed by atoms with Gasteiger partial charge in [0, 0.05) is 0 Å². The average molecular weight is 264 g/mol. The molecule has 0 aromatic heterocycles. The second-order valence-electron chi connectivity index (χ2n) is 8.54. The van der Waals surface area contributed by atoms with Gasteiger partial charge in [-0.25, -0.2) is 0 Å². The van der Waals surface area contributed by atoms with E-state index in [1.54, 1.807) is 0 Å². The molecule has 0 aromatic carbocycles. The molecule has 1 heteroatoms. The molecule has 3 unspecified atom stereocenters. The summed E-state index contributed by atoms with van der Waals surface area (Å²) in [5, 5.41) is 10.6. The lowest BCUT2D eigenvalue weighted by Gasteiger charge is -2.46. The van der Waals surface area contributed by atoms with Gasteiger partial charge in [0.1, 0.15) is 0 Å². The van der Waals surface area contributed by atoms with E-state index in [9.17, 15) is 5.11 Å². The highest BCUT2D eigenvalue weighted by atomic mass is 16.3. The minimum atomic E-state index is -0.0141. The van der Waals surface area contributed by atoms with Crippen molar-refractivity contribution in [3.8, 4) is 0 Å². The molecule has 3 aliphatic rings. The molecule has 1 nitrogen and oxygen atoms in total. The van der Waals surface area contributed by atoms with E-state index in [1.165, 1.54) is 38.5 Å². The molecule has 0 aliphatic heterocycles. The van der Waals surface area contributed by atoms with Crippen molar-refractivity contribution in [2.24, 2.45) is 34.5 Å². The van der Waals surface area contributed by atoms with Gasteiger partial charge in [0.15, 0.2) is 0 Å². The summed E-state index contributed by atoms with van der Waals surface area (Å²) in [5.74, 6) is 3.16. The highest BCUT2D eigenvalue weighted by Gasteiger charge is 2.63. The van der Waals surface area contributed by atoms with Crippen LogP contribution < -0.4 is 0 Å². The Labute approximate surface area is 119 Å². The van der Waals surface area contributed by atoms with E-state index >= 15 is 0 Å². The van der Waals surface area contributed by atoms with Gasteiger partial charge in [0.25, 0.3) is 0 Å². The molecule has 6 atom stereocenters. The van der Waals surface area contributed by atoms with Crippen LogP contribution in [0.1, 0.15) is 72.6 Å². The van der Waals surface area contributed by atoms with Crippen LogP contribution in [0.5, 0.6) is 0 Å². The Kier molecular flexibility index (Phi) is 3.28. The molecule has 19 heavy (non-hydrogen) atoms. The van der Waals surface area contributed by atoms with E-state index in [1.807, 2.05) is 0 Å². The predicted octanol–water partition coefficient (Wildman–Crippen LogP) is 4.64. The van der Waals surface area contributed by atoms with Crippen LogP contribution in [-0.4, -0.2) is 11.2 Å². The van der Waals surface area contributed by atoms with Crippen LogP contribution in [0.3, 0.4) is 0 Å². The van der Waals surface area contributed by atoms with Crippen LogP contribution in [0.15, 0.2) is 0 Å². The van der Waals surface area contributed by atoms with Crippen molar-refractivity contribution in [1.29, 1.82) is 0 Å². The zero-order chi connectivity index (χ0) is 13.8. The summed E-state index contributed by atoms with van der Waals surface area (Å²) in [6, 6.07) is 0. The van der Waals surface area contributed by atoms with E-state index in [0.717, 1.165) is 24.2 Å². The Hall–Kier alpha value is -0.0400. The molecule has 3 fully saturated rings. The van der Waals surface area contributed by atoms with Gasteiger partial charge < -0.3 is 5.11 Å². The molecule has 0 spiro atoms. The molecule has 3 aliphatic carbocycles. The highest BCUT2D eigenvalue weighted by Crippen LogP contribution is 2.70. The van der Waals surface area contributed by atoms with Gasteiger partial charge >= 0.3 is 0 Å². The largest absolute Gasteiger partial charge is 0.393 e. The molecule has 2 bridgehead atoms. The smallest absolute Gasteiger partial charge is 0.0571 e. The molecule has 1 N–H and O–H groups in total. The first-order valence-corrected chi connectivity index (χ1v) is 8.58. The number of hydrogen-bond acceptors (Lipinski definition) is 1. The lowest BCUT2D eigenvalue weighted by atomic mass is 9.59. The third kappa shape index (κ3) is 1.83. The van der Waals surface area contributed by atoms with E-state index < -0.39 is 0 Å². The fourth-order valence-corrected chi connectivity index (χ4v) is 6.00. The number of hydrogen-bond donors (Lipinski definition) is 1. The maximum Gasteiger partial charge on any atom is 0.0571 e. The predicted molar refractivity (Wildman–Crippen MR) is 79.8 cm³/mol. The first-order chi connectivity index (χ1) is 8.90. The molecule has 110 valence electrons. The Morgan fingerprint density at radius 3 is 2.32 bits per heavy atom. The summed E-state index contributed by atoms with van der Waals surface area (Å²) in [6.45, 7) is 9.85. The standard InChI is InChI=1S/C18H32O/c1-5-12-6-7-16(19)14(10-12)15-11-13-8-9-18(15,4)17(13,2)3/h12-16,19H,5-11H2,1-4H3/t12?,13-,14?,15+,16?,18+/m0/s1. The summed E-state index contributed by atoms with van der Waals surface area (Å²) in [4.78, 5) is 0. The van der Waals surface area contributed by atoms with E-state index in [4.69, 9.17) is 0 Å².